The second kappa shape index (κ2) is 5.91. The molecule has 0 spiro atoms. The molecule has 0 aromatic carbocycles. The van der Waals surface area contributed by atoms with Crippen LogP contribution in [0.3, 0.4) is 0 Å². The lowest BCUT2D eigenvalue weighted by molar-refractivity contribution is -0.154. The molecule has 2 aliphatic rings. The standard InChI is InChI=1S/C16H19F3N2O/c1-21-13-3-2-4-14(21)8-12(7-13)11-5-6-15(20-9-11)22-10-16(17,18)19/h5-7,9,13-14H,2-4,8,10H2,1H3. The van der Waals surface area contributed by atoms with E-state index in [-0.39, 0.29) is 5.88 Å². The zero-order chi connectivity index (χ0) is 15.7. The fourth-order valence-corrected chi connectivity index (χ4v) is 3.27. The summed E-state index contributed by atoms with van der Waals surface area (Å²) in [4.78, 5) is 6.41. The van der Waals surface area contributed by atoms with Crippen LogP contribution in [-0.4, -0.2) is 41.8 Å². The van der Waals surface area contributed by atoms with Crippen molar-refractivity contribution in [1.82, 2.24) is 9.88 Å². The number of likely N-dealkylation sites (N-methyl/N-ethyl adjacent to an activating group) is 1. The summed E-state index contributed by atoms with van der Waals surface area (Å²) in [6, 6.07) is 4.32. The SMILES string of the molecule is CN1C2C=C(c3ccc(OCC(F)(F)F)nc3)CC1CCC2. The number of hydrogen-bond acceptors (Lipinski definition) is 3. The van der Waals surface area contributed by atoms with E-state index in [4.69, 9.17) is 0 Å². The number of aromatic nitrogens is 1. The summed E-state index contributed by atoms with van der Waals surface area (Å²) in [6.07, 6.45) is 4.13. The van der Waals surface area contributed by atoms with Crippen LogP contribution < -0.4 is 4.74 Å². The van der Waals surface area contributed by atoms with Gasteiger partial charge in [0.25, 0.3) is 0 Å². The Kier molecular flexibility index (Phi) is 4.12. The lowest BCUT2D eigenvalue weighted by atomic mass is 9.84. The molecule has 1 saturated heterocycles. The van der Waals surface area contributed by atoms with E-state index in [1.165, 1.54) is 24.5 Å². The van der Waals surface area contributed by atoms with Gasteiger partial charge < -0.3 is 4.74 Å². The first kappa shape index (κ1) is 15.3. The van der Waals surface area contributed by atoms with E-state index in [2.05, 4.69) is 27.7 Å². The van der Waals surface area contributed by atoms with Crippen molar-refractivity contribution in [2.24, 2.45) is 0 Å². The van der Waals surface area contributed by atoms with Crippen molar-refractivity contribution in [1.29, 1.82) is 0 Å². The number of rotatable bonds is 3. The number of ether oxygens (including phenoxy) is 1. The first-order valence-electron chi connectivity index (χ1n) is 7.51. The minimum absolute atomic E-state index is 0.00907. The van der Waals surface area contributed by atoms with Crippen LogP contribution >= 0.6 is 0 Å². The smallest absolute Gasteiger partial charge is 0.422 e. The lowest BCUT2D eigenvalue weighted by Crippen LogP contribution is -2.45. The molecule has 1 aromatic rings. The molecule has 1 aromatic heterocycles. The van der Waals surface area contributed by atoms with E-state index in [9.17, 15) is 13.2 Å². The van der Waals surface area contributed by atoms with Gasteiger partial charge in [-0.3, -0.25) is 4.90 Å². The van der Waals surface area contributed by atoms with Crippen LogP contribution in [0.2, 0.25) is 0 Å². The molecule has 0 saturated carbocycles. The summed E-state index contributed by atoms with van der Waals surface area (Å²) in [6.45, 7) is -1.31. The number of halogens is 3. The number of pyridine rings is 1. The van der Waals surface area contributed by atoms with Crippen LogP contribution in [0.5, 0.6) is 5.88 Å². The maximum atomic E-state index is 12.1. The number of fused-ring (bicyclic) bond motifs is 2. The van der Waals surface area contributed by atoms with Gasteiger partial charge in [-0.05, 0) is 43.5 Å². The molecule has 0 radical (unpaired) electrons. The van der Waals surface area contributed by atoms with Crippen molar-refractivity contribution in [3.63, 3.8) is 0 Å². The fourth-order valence-electron chi connectivity index (χ4n) is 3.27. The van der Waals surface area contributed by atoms with Crippen LogP contribution in [0.25, 0.3) is 5.57 Å². The van der Waals surface area contributed by atoms with Gasteiger partial charge in [0.05, 0.1) is 0 Å². The normalized spacial score (nSPS) is 25.7. The number of hydrogen-bond donors (Lipinski definition) is 0. The van der Waals surface area contributed by atoms with Gasteiger partial charge in [0.2, 0.25) is 5.88 Å². The number of piperidine rings is 1. The second-order valence-corrected chi connectivity index (χ2v) is 6.00. The molecular weight excluding hydrogens is 293 g/mol. The van der Waals surface area contributed by atoms with Crippen molar-refractivity contribution in [3.8, 4) is 5.88 Å². The minimum atomic E-state index is -4.34. The monoisotopic (exact) mass is 312 g/mol. The average Bonchev–Trinajstić information content (AvgIpc) is 2.45. The molecule has 2 unspecified atom stereocenters. The first-order valence-corrected chi connectivity index (χ1v) is 7.51. The molecule has 6 heteroatoms. The molecule has 2 aliphatic heterocycles. The summed E-state index contributed by atoms with van der Waals surface area (Å²) in [5.41, 5.74) is 2.21. The van der Waals surface area contributed by atoms with Crippen molar-refractivity contribution in [2.45, 2.75) is 43.9 Å². The zero-order valence-electron chi connectivity index (χ0n) is 12.4. The van der Waals surface area contributed by atoms with Crippen LogP contribution in [0.1, 0.15) is 31.2 Å². The fraction of sp³-hybridized carbons (Fsp3) is 0.562. The minimum Gasteiger partial charge on any atom is -0.468 e. The van der Waals surface area contributed by atoms with E-state index < -0.39 is 12.8 Å². The van der Waals surface area contributed by atoms with E-state index in [0.29, 0.717) is 12.1 Å². The number of alkyl halides is 3. The maximum absolute atomic E-state index is 12.1. The molecular formula is C16H19F3N2O. The van der Waals surface area contributed by atoms with Crippen molar-refractivity contribution in [2.75, 3.05) is 13.7 Å². The van der Waals surface area contributed by atoms with Crippen molar-refractivity contribution < 1.29 is 17.9 Å². The Bertz CT molecular complexity index is 554. The van der Waals surface area contributed by atoms with E-state index in [1.54, 1.807) is 12.3 Å². The molecule has 3 rings (SSSR count). The van der Waals surface area contributed by atoms with Gasteiger partial charge >= 0.3 is 6.18 Å². The summed E-state index contributed by atoms with van der Waals surface area (Å²) >= 11 is 0. The van der Waals surface area contributed by atoms with Gasteiger partial charge in [0.1, 0.15) is 0 Å². The van der Waals surface area contributed by atoms with E-state index in [1.807, 2.05) is 0 Å². The van der Waals surface area contributed by atoms with Gasteiger partial charge in [-0.15, -0.1) is 0 Å². The van der Waals surface area contributed by atoms with Crippen molar-refractivity contribution in [3.05, 3.63) is 30.0 Å². The third kappa shape index (κ3) is 3.43. The summed E-state index contributed by atoms with van der Waals surface area (Å²) in [5.74, 6) is 0.00907. The Morgan fingerprint density at radius 1 is 1.32 bits per heavy atom. The highest BCUT2D eigenvalue weighted by Gasteiger charge is 2.31. The first-order chi connectivity index (χ1) is 10.4. The highest BCUT2D eigenvalue weighted by molar-refractivity contribution is 5.67. The molecule has 2 bridgehead atoms. The van der Waals surface area contributed by atoms with Crippen LogP contribution in [0.4, 0.5) is 13.2 Å². The molecule has 3 heterocycles. The predicted molar refractivity (Wildman–Crippen MR) is 77.6 cm³/mol. The van der Waals surface area contributed by atoms with Gasteiger partial charge in [-0.1, -0.05) is 12.5 Å². The quantitative estimate of drug-likeness (QED) is 0.851. The average molecular weight is 312 g/mol. The Balaban J connectivity index is 1.71. The Morgan fingerprint density at radius 3 is 2.77 bits per heavy atom. The third-order valence-electron chi connectivity index (χ3n) is 4.48. The van der Waals surface area contributed by atoms with Gasteiger partial charge in [-0.2, -0.15) is 13.2 Å². The Hall–Kier alpha value is -1.56. The number of nitrogens with zero attached hydrogens (tertiary/aromatic N) is 2. The predicted octanol–water partition coefficient (Wildman–Crippen LogP) is 3.66. The molecule has 22 heavy (non-hydrogen) atoms. The molecule has 2 atom stereocenters. The van der Waals surface area contributed by atoms with Gasteiger partial charge in [0.15, 0.2) is 6.61 Å². The van der Waals surface area contributed by atoms with E-state index in [0.717, 1.165) is 18.4 Å². The summed E-state index contributed by atoms with van der Waals surface area (Å²) in [5, 5.41) is 0. The lowest BCUT2D eigenvalue weighted by Gasteiger charge is -2.42. The van der Waals surface area contributed by atoms with Crippen molar-refractivity contribution >= 4 is 5.57 Å². The molecule has 0 aliphatic carbocycles. The zero-order valence-corrected chi connectivity index (χ0v) is 12.4. The Morgan fingerprint density at radius 2 is 2.14 bits per heavy atom. The molecule has 3 nitrogen and oxygen atoms in total. The van der Waals surface area contributed by atoms with Gasteiger partial charge in [-0.25, -0.2) is 4.98 Å². The molecule has 0 N–H and O–H groups in total. The highest BCUT2D eigenvalue weighted by atomic mass is 19.4. The summed E-state index contributed by atoms with van der Waals surface area (Å²) in [7, 11) is 2.16. The maximum Gasteiger partial charge on any atom is 0.422 e. The second-order valence-electron chi connectivity index (χ2n) is 6.00. The largest absolute Gasteiger partial charge is 0.468 e. The van der Waals surface area contributed by atoms with Gasteiger partial charge in [0, 0.05) is 24.3 Å². The third-order valence-corrected chi connectivity index (χ3v) is 4.48. The molecule has 0 amide bonds. The summed E-state index contributed by atoms with van der Waals surface area (Å²) < 4.78 is 41.0. The highest BCUT2D eigenvalue weighted by Crippen LogP contribution is 2.36. The molecule has 120 valence electrons. The van der Waals surface area contributed by atoms with Crippen LogP contribution in [-0.2, 0) is 0 Å². The Labute approximate surface area is 127 Å². The topological polar surface area (TPSA) is 25.4 Å². The molecule has 1 fully saturated rings. The van der Waals surface area contributed by atoms with E-state index >= 15 is 0 Å². The van der Waals surface area contributed by atoms with Crippen LogP contribution in [0, 0.1) is 0 Å². The van der Waals surface area contributed by atoms with Crippen LogP contribution in [0.15, 0.2) is 24.4 Å².